The van der Waals surface area contributed by atoms with E-state index < -0.39 is 4.92 Å². The van der Waals surface area contributed by atoms with Gasteiger partial charge in [0.2, 0.25) is 0 Å². The van der Waals surface area contributed by atoms with Crippen molar-refractivity contribution in [2.75, 3.05) is 36.0 Å². The Morgan fingerprint density at radius 1 is 1.16 bits per heavy atom. The van der Waals surface area contributed by atoms with E-state index in [0.717, 1.165) is 43.1 Å². The monoisotopic (exact) mass is 339 g/mol. The molecule has 0 unspecified atom stereocenters. The number of aryl methyl sites for hydroxylation is 1. The fraction of sp³-hybridized carbons (Fsp3) is 0.294. The van der Waals surface area contributed by atoms with Crippen LogP contribution in [0.25, 0.3) is 11.1 Å². The first-order valence-electron chi connectivity index (χ1n) is 8.08. The first-order chi connectivity index (χ1) is 12.1. The van der Waals surface area contributed by atoms with Gasteiger partial charge in [0.15, 0.2) is 5.58 Å². The fourth-order valence-electron chi connectivity index (χ4n) is 3.02. The molecule has 0 saturated carbocycles. The molecule has 128 valence electrons. The molecule has 1 saturated heterocycles. The quantitative estimate of drug-likeness (QED) is 0.535. The van der Waals surface area contributed by atoms with E-state index in [-0.39, 0.29) is 5.69 Å². The highest BCUT2D eigenvalue weighted by Crippen LogP contribution is 2.25. The number of nitro groups is 1. The van der Waals surface area contributed by atoms with Crippen molar-refractivity contribution in [1.82, 2.24) is 9.97 Å². The van der Waals surface area contributed by atoms with Gasteiger partial charge in [-0.2, -0.15) is 4.98 Å². The van der Waals surface area contributed by atoms with E-state index in [1.807, 2.05) is 24.3 Å². The molecular weight excluding hydrogens is 322 g/mol. The van der Waals surface area contributed by atoms with Crippen molar-refractivity contribution in [2.24, 2.45) is 0 Å². The van der Waals surface area contributed by atoms with Gasteiger partial charge >= 0.3 is 0 Å². The van der Waals surface area contributed by atoms with E-state index >= 15 is 0 Å². The second-order valence-corrected chi connectivity index (χ2v) is 6.02. The topological polar surface area (TPSA) is 88.5 Å². The summed E-state index contributed by atoms with van der Waals surface area (Å²) in [5.41, 5.74) is 2.31. The molecule has 4 rings (SSSR count). The average molecular weight is 339 g/mol. The Kier molecular flexibility index (Phi) is 3.72. The summed E-state index contributed by atoms with van der Waals surface area (Å²) in [5.74, 6) is 0.764. The molecule has 3 aromatic rings. The minimum Gasteiger partial charge on any atom is -0.423 e. The van der Waals surface area contributed by atoms with Crippen LogP contribution in [0.2, 0.25) is 0 Å². The number of para-hydroxylation sites is 2. The number of benzene rings is 1. The number of aromatic nitrogens is 2. The molecular formula is C17H17N5O3. The minimum absolute atomic E-state index is 0.0499. The van der Waals surface area contributed by atoms with Gasteiger partial charge in [-0.05, 0) is 25.1 Å². The number of nitrogens with zero attached hydrogens (tertiary/aromatic N) is 5. The van der Waals surface area contributed by atoms with Gasteiger partial charge in [-0.1, -0.05) is 12.1 Å². The standard InChI is InChI=1S/C17H17N5O3/c1-12-10-16(18-11-14(12)22(23)24)20-6-8-21(9-7-20)17-19-13-4-2-3-5-15(13)25-17/h2-5,10-11H,6-9H2,1H3. The Morgan fingerprint density at radius 3 is 2.56 bits per heavy atom. The van der Waals surface area contributed by atoms with Crippen LogP contribution < -0.4 is 9.80 Å². The van der Waals surface area contributed by atoms with Gasteiger partial charge in [0.1, 0.15) is 17.5 Å². The van der Waals surface area contributed by atoms with E-state index in [4.69, 9.17) is 4.42 Å². The molecule has 1 fully saturated rings. The minimum atomic E-state index is -0.405. The lowest BCUT2D eigenvalue weighted by atomic mass is 10.2. The summed E-state index contributed by atoms with van der Waals surface area (Å²) in [6, 6.07) is 10.1. The van der Waals surface area contributed by atoms with Crippen LogP contribution in [0, 0.1) is 17.0 Å². The highest BCUT2D eigenvalue weighted by atomic mass is 16.6. The molecule has 8 heteroatoms. The maximum Gasteiger partial charge on any atom is 0.298 e. The number of hydrogen-bond acceptors (Lipinski definition) is 7. The second kappa shape index (κ2) is 6.04. The van der Waals surface area contributed by atoms with E-state index in [1.165, 1.54) is 6.20 Å². The normalized spacial score (nSPS) is 14.9. The molecule has 0 atom stereocenters. The third-order valence-corrected chi connectivity index (χ3v) is 4.42. The van der Waals surface area contributed by atoms with Crippen molar-refractivity contribution in [3.8, 4) is 0 Å². The number of rotatable bonds is 3. The lowest BCUT2D eigenvalue weighted by Crippen LogP contribution is -2.47. The van der Waals surface area contributed by atoms with Crippen LogP contribution in [0.4, 0.5) is 17.5 Å². The maximum absolute atomic E-state index is 10.9. The highest BCUT2D eigenvalue weighted by Gasteiger charge is 2.23. The predicted octanol–water partition coefficient (Wildman–Crippen LogP) is 2.77. The molecule has 1 aliphatic heterocycles. The Hall–Kier alpha value is -3.16. The SMILES string of the molecule is Cc1cc(N2CCN(c3nc4ccccc4o3)CC2)ncc1[N+](=O)[O-]. The van der Waals surface area contributed by atoms with Crippen LogP contribution in [-0.4, -0.2) is 41.1 Å². The van der Waals surface area contributed by atoms with E-state index in [0.29, 0.717) is 11.6 Å². The van der Waals surface area contributed by atoms with Crippen LogP contribution in [0.15, 0.2) is 40.9 Å². The highest BCUT2D eigenvalue weighted by molar-refractivity contribution is 5.74. The molecule has 8 nitrogen and oxygen atoms in total. The van der Waals surface area contributed by atoms with Crippen molar-refractivity contribution in [3.05, 3.63) is 52.2 Å². The van der Waals surface area contributed by atoms with Crippen LogP contribution in [-0.2, 0) is 0 Å². The summed E-state index contributed by atoms with van der Waals surface area (Å²) < 4.78 is 5.82. The number of pyridine rings is 1. The maximum atomic E-state index is 10.9. The molecule has 2 aromatic heterocycles. The molecule has 0 aliphatic carbocycles. The number of hydrogen-bond donors (Lipinski definition) is 0. The molecule has 1 aliphatic rings. The number of oxazole rings is 1. The molecule has 0 amide bonds. The Bertz CT molecular complexity index is 898. The van der Waals surface area contributed by atoms with Crippen molar-refractivity contribution in [2.45, 2.75) is 6.92 Å². The Morgan fingerprint density at radius 2 is 1.88 bits per heavy atom. The third-order valence-electron chi connectivity index (χ3n) is 4.42. The Labute approximate surface area is 143 Å². The lowest BCUT2D eigenvalue weighted by molar-refractivity contribution is -0.385. The number of fused-ring (bicyclic) bond motifs is 1. The van der Waals surface area contributed by atoms with Crippen LogP contribution in [0.3, 0.4) is 0 Å². The fourth-order valence-corrected chi connectivity index (χ4v) is 3.02. The van der Waals surface area contributed by atoms with Gasteiger partial charge in [-0.25, -0.2) is 4.98 Å². The summed E-state index contributed by atoms with van der Waals surface area (Å²) in [6.07, 6.45) is 1.33. The summed E-state index contributed by atoms with van der Waals surface area (Å²) in [4.78, 5) is 23.5. The van der Waals surface area contributed by atoms with Gasteiger partial charge in [0.05, 0.1) is 4.92 Å². The predicted molar refractivity (Wildman–Crippen MR) is 94.1 cm³/mol. The summed E-state index contributed by atoms with van der Waals surface area (Å²) >= 11 is 0. The largest absolute Gasteiger partial charge is 0.423 e. The molecule has 0 radical (unpaired) electrons. The molecule has 3 heterocycles. The first-order valence-corrected chi connectivity index (χ1v) is 8.08. The van der Waals surface area contributed by atoms with Crippen molar-refractivity contribution >= 4 is 28.6 Å². The van der Waals surface area contributed by atoms with E-state index in [1.54, 1.807) is 13.0 Å². The average Bonchev–Trinajstić information content (AvgIpc) is 3.05. The zero-order valence-electron chi connectivity index (χ0n) is 13.8. The zero-order valence-corrected chi connectivity index (χ0v) is 13.8. The number of anilines is 2. The first kappa shape index (κ1) is 15.4. The van der Waals surface area contributed by atoms with Gasteiger partial charge in [0, 0.05) is 31.7 Å². The van der Waals surface area contributed by atoms with Gasteiger partial charge in [-0.15, -0.1) is 0 Å². The van der Waals surface area contributed by atoms with Crippen molar-refractivity contribution < 1.29 is 9.34 Å². The summed E-state index contributed by atoms with van der Waals surface area (Å²) in [5, 5.41) is 10.9. The van der Waals surface area contributed by atoms with E-state index in [2.05, 4.69) is 19.8 Å². The smallest absolute Gasteiger partial charge is 0.298 e. The van der Waals surface area contributed by atoms with Crippen molar-refractivity contribution in [1.29, 1.82) is 0 Å². The molecule has 0 spiro atoms. The lowest BCUT2D eigenvalue weighted by Gasteiger charge is -2.34. The molecule has 0 N–H and O–H groups in total. The van der Waals surface area contributed by atoms with Gasteiger partial charge < -0.3 is 14.2 Å². The summed E-state index contributed by atoms with van der Waals surface area (Å²) in [7, 11) is 0. The zero-order chi connectivity index (χ0) is 17.4. The summed E-state index contributed by atoms with van der Waals surface area (Å²) in [6.45, 7) is 4.75. The Balaban J connectivity index is 1.47. The van der Waals surface area contributed by atoms with Crippen LogP contribution in [0.1, 0.15) is 5.56 Å². The second-order valence-electron chi connectivity index (χ2n) is 6.02. The van der Waals surface area contributed by atoms with Gasteiger partial charge in [0.25, 0.3) is 11.7 Å². The molecule has 0 bridgehead atoms. The van der Waals surface area contributed by atoms with Crippen molar-refractivity contribution in [3.63, 3.8) is 0 Å². The number of piperazine rings is 1. The van der Waals surface area contributed by atoms with E-state index in [9.17, 15) is 10.1 Å². The van der Waals surface area contributed by atoms with Crippen LogP contribution >= 0.6 is 0 Å². The third kappa shape index (κ3) is 2.86. The van der Waals surface area contributed by atoms with Crippen LogP contribution in [0.5, 0.6) is 0 Å². The van der Waals surface area contributed by atoms with Gasteiger partial charge in [-0.3, -0.25) is 10.1 Å². The molecule has 1 aromatic carbocycles. The molecule has 25 heavy (non-hydrogen) atoms.